The average molecular weight is 264 g/mol. The molecule has 0 saturated heterocycles. The molecule has 1 unspecified atom stereocenters. The Bertz CT molecular complexity index is 384. The van der Waals surface area contributed by atoms with Gasteiger partial charge in [0.1, 0.15) is 5.76 Å². The maximum absolute atomic E-state index is 5.97. The zero-order chi connectivity index (χ0) is 13.7. The lowest BCUT2D eigenvalue weighted by Crippen LogP contribution is -2.16. The smallest absolute Gasteiger partial charge is 0.194 e. The van der Waals surface area contributed by atoms with Gasteiger partial charge in [-0.15, -0.1) is 0 Å². The summed E-state index contributed by atoms with van der Waals surface area (Å²) in [6.45, 7) is 9.05. The van der Waals surface area contributed by atoms with E-state index in [0.29, 0.717) is 11.3 Å². The van der Waals surface area contributed by atoms with Crippen molar-refractivity contribution in [3.63, 3.8) is 0 Å². The van der Waals surface area contributed by atoms with E-state index in [4.69, 9.17) is 4.42 Å². The Morgan fingerprint density at radius 2 is 2.26 bits per heavy atom. The first-order valence-electron chi connectivity index (χ1n) is 7.79. The second kappa shape index (κ2) is 6.56. The molecular weight excluding hydrogens is 236 g/mol. The van der Waals surface area contributed by atoms with Crippen molar-refractivity contribution in [1.82, 2.24) is 10.3 Å². The average Bonchev–Trinajstić information content (AvgIpc) is 2.95. The Hall–Kier alpha value is -0.830. The monoisotopic (exact) mass is 264 g/mol. The summed E-state index contributed by atoms with van der Waals surface area (Å²) in [5.41, 5.74) is 0.374. The normalized spacial score (nSPS) is 21.9. The molecule has 1 saturated carbocycles. The first kappa shape index (κ1) is 14.6. The van der Waals surface area contributed by atoms with E-state index in [2.05, 4.69) is 31.1 Å². The van der Waals surface area contributed by atoms with Crippen molar-refractivity contribution in [1.29, 1.82) is 0 Å². The highest BCUT2D eigenvalue weighted by molar-refractivity contribution is 5.09. The molecule has 0 spiro atoms. The molecule has 1 N–H and O–H groups in total. The lowest BCUT2D eigenvalue weighted by molar-refractivity contribution is 0.287. The lowest BCUT2D eigenvalue weighted by atomic mass is 9.81. The Labute approximate surface area is 117 Å². The summed E-state index contributed by atoms with van der Waals surface area (Å²) in [5.74, 6) is 2.59. The van der Waals surface area contributed by atoms with Crippen LogP contribution in [-0.2, 0) is 6.42 Å². The fraction of sp³-hybridized carbons (Fsp3) is 0.812. The van der Waals surface area contributed by atoms with Crippen molar-refractivity contribution in [2.75, 3.05) is 13.1 Å². The van der Waals surface area contributed by atoms with E-state index in [9.17, 15) is 0 Å². The van der Waals surface area contributed by atoms with Crippen LogP contribution in [0.15, 0.2) is 10.6 Å². The van der Waals surface area contributed by atoms with Gasteiger partial charge in [-0.05, 0) is 44.2 Å². The third kappa shape index (κ3) is 3.82. The van der Waals surface area contributed by atoms with Gasteiger partial charge in [-0.2, -0.15) is 0 Å². The number of hydrogen-bond donors (Lipinski definition) is 1. The summed E-state index contributed by atoms with van der Waals surface area (Å²) in [6, 6.07) is 0. The molecule has 1 aromatic rings. The van der Waals surface area contributed by atoms with E-state index in [-0.39, 0.29) is 0 Å². The van der Waals surface area contributed by atoms with Crippen LogP contribution in [0.1, 0.15) is 70.4 Å². The zero-order valence-electron chi connectivity index (χ0n) is 12.7. The minimum atomic E-state index is 0.374. The van der Waals surface area contributed by atoms with Crippen LogP contribution >= 0.6 is 0 Å². The summed E-state index contributed by atoms with van der Waals surface area (Å²) in [5, 5.41) is 3.41. The highest BCUT2D eigenvalue weighted by Gasteiger charge is 2.37. The van der Waals surface area contributed by atoms with Crippen LogP contribution in [0.4, 0.5) is 0 Å². The van der Waals surface area contributed by atoms with Crippen LogP contribution in [0, 0.1) is 5.41 Å². The van der Waals surface area contributed by atoms with E-state index in [1.807, 2.05) is 6.20 Å². The van der Waals surface area contributed by atoms with Gasteiger partial charge >= 0.3 is 0 Å². The maximum Gasteiger partial charge on any atom is 0.194 e. The lowest BCUT2D eigenvalue weighted by Gasteiger charge is -2.24. The van der Waals surface area contributed by atoms with Crippen LogP contribution in [0.2, 0.25) is 0 Å². The minimum absolute atomic E-state index is 0.374. The van der Waals surface area contributed by atoms with Crippen molar-refractivity contribution in [3.8, 4) is 0 Å². The fourth-order valence-corrected chi connectivity index (χ4v) is 3.12. The molecule has 0 amide bonds. The summed E-state index contributed by atoms with van der Waals surface area (Å²) in [4.78, 5) is 4.45. The van der Waals surface area contributed by atoms with E-state index < -0.39 is 0 Å². The molecule has 1 aliphatic rings. The van der Waals surface area contributed by atoms with Gasteiger partial charge in [0.05, 0.1) is 6.20 Å². The van der Waals surface area contributed by atoms with Crippen LogP contribution in [-0.4, -0.2) is 18.1 Å². The van der Waals surface area contributed by atoms with E-state index >= 15 is 0 Å². The van der Waals surface area contributed by atoms with Gasteiger partial charge in [-0.25, -0.2) is 4.98 Å². The second-order valence-corrected chi connectivity index (χ2v) is 6.44. The molecule has 0 aromatic carbocycles. The second-order valence-electron chi connectivity index (χ2n) is 6.44. The molecule has 1 heterocycles. The third-order valence-electron chi connectivity index (χ3n) is 4.34. The SMILES string of the molecule is CCCNCCCc1ncc(C2CCCC2(C)C)o1. The van der Waals surface area contributed by atoms with Crippen LogP contribution in [0.25, 0.3) is 0 Å². The van der Waals surface area contributed by atoms with Crippen LogP contribution in [0.5, 0.6) is 0 Å². The number of aromatic nitrogens is 1. The first-order valence-corrected chi connectivity index (χ1v) is 7.79. The number of hydrogen-bond acceptors (Lipinski definition) is 3. The predicted molar refractivity (Wildman–Crippen MR) is 78.4 cm³/mol. The highest BCUT2D eigenvalue weighted by Crippen LogP contribution is 2.48. The quantitative estimate of drug-likeness (QED) is 0.759. The molecule has 3 heteroatoms. The molecule has 19 heavy (non-hydrogen) atoms. The number of aryl methyl sites for hydroxylation is 1. The minimum Gasteiger partial charge on any atom is -0.445 e. The fourth-order valence-electron chi connectivity index (χ4n) is 3.12. The topological polar surface area (TPSA) is 38.1 Å². The number of nitrogens with one attached hydrogen (secondary N) is 1. The van der Waals surface area contributed by atoms with Crippen molar-refractivity contribution in [2.24, 2.45) is 5.41 Å². The van der Waals surface area contributed by atoms with Gasteiger partial charge < -0.3 is 9.73 Å². The van der Waals surface area contributed by atoms with E-state index in [1.165, 1.54) is 25.7 Å². The molecule has 1 fully saturated rings. The largest absolute Gasteiger partial charge is 0.445 e. The van der Waals surface area contributed by atoms with Crippen LogP contribution in [0.3, 0.4) is 0 Å². The Balaban J connectivity index is 1.82. The van der Waals surface area contributed by atoms with Gasteiger partial charge in [0, 0.05) is 12.3 Å². The van der Waals surface area contributed by atoms with Crippen molar-refractivity contribution in [3.05, 3.63) is 17.8 Å². The highest BCUT2D eigenvalue weighted by atomic mass is 16.4. The molecular formula is C16H28N2O. The van der Waals surface area contributed by atoms with Gasteiger partial charge in [-0.3, -0.25) is 0 Å². The van der Waals surface area contributed by atoms with E-state index in [1.54, 1.807) is 0 Å². The Morgan fingerprint density at radius 1 is 1.42 bits per heavy atom. The van der Waals surface area contributed by atoms with Crippen LogP contribution < -0.4 is 5.32 Å². The van der Waals surface area contributed by atoms with Gasteiger partial charge in [0.25, 0.3) is 0 Å². The molecule has 1 aromatic heterocycles. The molecule has 2 rings (SSSR count). The third-order valence-corrected chi connectivity index (χ3v) is 4.34. The first-order chi connectivity index (χ1) is 9.13. The molecule has 1 aliphatic carbocycles. The number of oxazole rings is 1. The van der Waals surface area contributed by atoms with Crippen molar-refractivity contribution >= 4 is 0 Å². The number of rotatable bonds is 7. The molecule has 0 aliphatic heterocycles. The molecule has 3 nitrogen and oxygen atoms in total. The van der Waals surface area contributed by atoms with E-state index in [0.717, 1.165) is 37.6 Å². The summed E-state index contributed by atoms with van der Waals surface area (Å²) in [7, 11) is 0. The zero-order valence-corrected chi connectivity index (χ0v) is 12.7. The summed E-state index contributed by atoms with van der Waals surface area (Å²) < 4.78 is 5.97. The maximum atomic E-state index is 5.97. The Kier molecular flexibility index (Phi) is 5.03. The standard InChI is InChI=1S/C16H28N2O/c1-4-10-17-11-6-8-15-18-12-14(19-15)13-7-5-9-16(13,2)3/h12-13,17H,4-11H2,1-3H3. The van der Waals surface area contributed by atoms with Crippen molar-refractivity contribution < 1.29 is 4.42 Å². The molecule has 1 atom stereocenters. The predicted octanol–water partition coefficient (Wildman–Crippen LogP) is 3.90. The summed E-state index contributed by atoms with van der Waals surface area (Å²) in [6.07, 6.45) is 9.08. The number of nitrogens with zero attached hydrogens (tertiary/aromatic N) is 1. The van der Waals surface area contributed by atoms with Crippen molar-refractivity contribution in [2.45, 2.75) is 65.2 Å². The van der Waals surface area contributed by atoms with Gasteiger partial charge in [0.2, 0.25) is 0 Å². The summed E-state index contributed by atoms with van der Waals surface area (Å²) >= 11 is 0. The molecule has 0 radical (unpaired) electrons. The molecule has 0 bridgehead atoms. The Morgan fingerprint density at radius 3 is 2.95 bits per heavy atom. The molecule has 108 valence electrons. The van der Waals surface area contributed by atoms with Gasteiger partial charge in [-0.1, -0.05) is 27.2 Å². The van der Waals surface area contributed by atoms with Gasteiger partial charge in [0.15, 0.2) is 5.89 Å².